The zero-order chi connectivity index (χ0) is 13.9. The molecule has 2 unspecified atom stereocenters. The molecule has 108 valence electrons. The number of amides is 1. The van der Waals surface area contributed by atoms with Gasteiger partial charge in [-0.15, -0.1) is 0 Å². The molecule has 2 heterocycles. The van der Waals surface area contributed by atoms with E-state index in [-0.39, 0.29) is 18.1 Å². The number of nitrogens with two attached hydrogens (primary N) is 1. The van der Waals surface area contributed by atoms with Crippen LogP contribution in [0.15, 0.2) is 24.3 Å². The molecule has 3 rings (SSSR count). The molecule has 1 aromatic carbocycles. The van der Waals surface area contributed by atoms with Crippen molar-refractivity contribution in [2.24, 2.45) is 5.73 Å². The second-order valence-electron chi connectivity index (χ2n) is 5.41. The third-order valence-corrected chi connectivity index (χ3v) is 3.74. The van der Waals surface area contributed by atoms with Crippen LogP contribution in [0.5, 0.6) is 5.75 Å². The SMILES string of the molecule is NC1CC(=O)N(c2cccc(OCC3CCCO3)c2)C1. The lowest BCUT2D eigenvalue weighted by molar-refractivity contribution is -0.117. The van der Waals surface area contributed by atoms with Crippen molar-refractivity contribution in [1.82, 2.24) is 0 Å². The Morgan fingerprint density at radius 1 is 1.45 bits per heavy atom. The summed E-state index contributed by atoms with van der Waals surface area (Å²) in [6.07, 6.45) is 2.77. The zero-order valence-electron chi connectivity index (χ0n) is 11.5. The molecular weight excluding hydrogens is 256 g/mol. The normalized spacial score (nSPS) is 26.2. The van der Waals surface area contributed by atoms with E-state index < -0.39 is 0 Å². The summed E-state index contributed by atoms with van der Waals surface area (Å²) in [5.74, 6) is 0.847. The van der Waals surface area contributed by atoms with E-state index in [1.54, 1.807) is 4.90 Å². The van der Waals surface area contributed by atoms with Gasteiger partial charge in [-0.05, 0) is 25.0 Å². The second kappa shape index (κ2) is 5.81. The van der Waals surface area contributed by atoms with Crippen molar-refractivity contribution >= 4 is 11.6 Å². The van der Waals surface area contributed by atoms with Gasteiger partial charge < -0.3 is 20.1 Å². The van der Waals surface area contributed by atoms with Gasteiger partial charge in [0.15, 0.2) is 0 Å². The van der Waals surface area contributed by atoms with Crippen LogP contribution in [0.1, 0.15) is 19.3 Å². The third-order valence-electron chi connectivity index (χ3n) is 3.74. The number of carbonyl (C=O) groups is 1. The average molecular weight is 276 g/mol. The van der Waals surface area contributed by atoms with Crippen LogP contribution in [0, 0.1) is 0 Å². The number of hydrogen-bond acceptors (Lipinski definition) is 4. The minimum absolute atomic E-state index is 0.0704. The molecule has 5 nitrogen and oxygen atoms in total. The fraction of sp³-hybridized carbons (Fsp3) is 0.533. The Bertz CT molecular complexity index is 486. The van der Waals surface area contributed by atoms with Crippen LogP contribution in [0.4, 0.5) is 5.69 Å². The largest absolute Gasteiger partial charge is 0.491 e. The van der Waals surface area contributed by atoms with E-state index in [0.29, 0.717) is 19.6 Å². The molecule has 0 saturated carbocycles. The van der Waals surface area contributed by atoms with E-state index in [0.717, 1.165) is 30.9 Å². The Labute approximate surface area is 118 Å². The molecule has 0 bridgehead atoms. The molecule has 2 atom stereocenters. The van der Waals surface area contributed by atoms with E-state index in [1.165, 1.54) is 0 Å². The number of rotatable bonds is 4. The first-order valence-corrected chi connectivity index (χ1v) is 7.13. The lowest BCUT2D eigenvalue weighted by atomic mass is 10.2. The molecule has 0 aliphatic carbocycles. The Morgan fingerprint density at radius 2 is 2.35 bits per heavy atom. The van der Waals surface area contributed by atoms with Gasteiger partial charge in [0.2, 0.25) is 5.91 Å². The zero-order valence-corrected chi connectivity index (χ0v) is 11.5. The van der Waals surface area contributed by atoms with Gasteiger partial charge in [0, 0.05) is 37.4 Å². The van der Waals surface area contributed by atoms with Crippen LogP contribution in [0.2, 0.25) is 0 Å². The monoisotopic (exact) mass is 276 g/mol. The summed E-state index contributed by atoms with van der Waals surface area (Å²) in [5.41, 5.74) is 6.68. The molecule has 2 aliphatic heterocycles. The third kappa shape index (κ3) is 2.94. The summed E-state index contributed by atoms with van der Waals surface area (Å²) >= 11 is 0. The maximum absolute atomic E-state index is 11.8. The van der Waals surface area contributed by atoms with Crippen LogP contribution in [0.25, 0.3) is 0 Å². The standard InChI is InChI=1S/C15H20N2O3/c16-11-7-15(18)17(9-11)12-3-1-4-13(8-12)20-10-14-5-2-6-19-14/h1,3-4,8,11,14H,2,5-7,9-10,16H2. The van der Waals surface area contributed by atoms with Gasteiger partial charge in [0.05, 0.1) is 6.10 Å². The van der Waals surface area contributed by atoms with Crippen LogP contribution >= 0.6 is 0 Å². The van der Waals surface area contributed by atoms with E-state index in [4.69, 9.17) is 15.2 Å². The molecule has 2 saturated heterocycles. The fourth-order valence-corrected chi connectivity index (χ4v) is 2.69. The Morgan fingerprint density at radius 3 is 3.05 bits per heavy atom. The molecule has 0 aromatic heterocycles. The van der Waals surface area contributed by atoms with Gasteiger partial charge in [0.1, 0.15) is 12.4 Å². The highest BCUT2D eigenvalue weighted by Crippen LogP contribution is 2.25. The molecule has 1 aromatic rings. The summed E-state index contributed by atoms with van der Waals surface area (Å²) in [6.45, 7) is 1.97. The van der Waals surface area contributed by atoms with Gasteiger partial charge in [-0.1, -0.05) is 6.07 Å². The molecule has 2 N–H and O–H groups in total. The van der Waals surface area contributed by atoms with Crippen LogP contribution in [0.3, 0.4) is 0 Å². The van der Waals surface area contributed by atoms with Crippen molar-refractivity contribution in [3.8, 4) is 5.75 Å². The van der Waals surface area contributed by atoms with Crippen molar-refractivity contribution in [1.29, 1.82) is 0 Å². The van der Waals surface area contributed by atoms with Crippen molar-refractivity contribution in [2.45, 2.75) is 31.4 Å². The average Bonchev–Trinajstić information content (AvgIpc) is 3.06. The van der Waals surface area contributed by atoms with Gasteiger partial charge in [-0.3, -0.25) is 4.79 Å². The molecule has 1 amide bonds. The van der Waals surface area contributed by atoms with Crippen molar-refractivity contribution in [3.63, 3.8) is 0 Å². The summed E-state index contributed by atoms with van der Waals surface area (Å²) < 4.78 is 11.3. The molecule has 2 aliphatic rings. The summed E-state index contributed by atoms with van der Waals surface area (Å²) in [4.78, 5) is 13.6. The van der Waals surface area contributed by atoms with E-state index in [9.17, 15) is 4.79 Å². The Kier molecular flexibility index (Phi) is 3.89. The molecule has 20 heavy (non-hydrogen) atoms. The van der Waals surface area contributed by atoms with E-state index in [1.807, 2.05) is 24.3 Å². The van der Waals surface area contributed by atoms with Gasteiger partial charge in [-0.25, -0.2) is 0 Å². The van der Waals surface area contributed by atoms with Crippen LogP contribution in [-0.2, 0) is 9.53 Å². The maximum Gasteiger partial charge on any atom is 0.228 e. The first-order chi connectivity index (χ1) is 9.72. The molecule has 0 radical (unpaired) electrons. The van der Waals surface area contributed by atoms with Crippen LogP contribution in [-0.4, -0.2) is 37.8 Å². The van der Waals surface area contributed by atoms with E-state index in [2.05, 4.69) is 0 Å². The second-order valence-corrected chi connectivity index (χ2v) is 5.41. The van der Waals surface area contributed by atoms with Gasteiger partial charge >= 0.3 is 0 Å². The number of anilines is 1. The summed E-state index contributed by atoms with van der Waals surface area (Å²) in [7, 11) is 0. The first kappa shape index (κ1) is 13.4. The fourth-order valence-electron chi connectivity index (χ4n) is 2.69. The molecule has 0 spiro atoms. The molecule has 2 fully saturated rings. The first-order valence-electron chi connectivity index (χ1n) is 7.13. The Balaban J connectivity index is 1.64. The lowest BCUT2D eigenvalue weighted by Gasteiger charge is -2.18. The van der Waals surface area contributed by atoms with Crippen molar-refractivity contribution in [2.75, 3.05) is 24.7 Å². The van der Waals surface area contributed by atoms with Crippen molar-refractivity contribution < 1.29 is 14.3 Å². The summed E-state index contributed by atoms with van der Waals surface area (Å²) in [6, 6.07) is 7.54. The summed E-state index contributed by atoms with van der Waals surface area (Å²) in [5, 5.41) is 0. The van der Waals surface area contributed by atoms with Crippen molar-refractivity contribution in [3.05, 3.63) is 24.3 Å². The predicted molar refractivity (Wildman–Crippen MR) is 75.9 cm³/mol. The quantitative estimate of drug-likeness (QED) is 0.900. The highest BCUT2D eigenvalue weighted by Gasteiger charge is 2.28. The highest BCUT2D eigenvalue weighted by molar-refractivity contribution is 5.96. The van der Waals surface area contributed by atoms with E-state index >= 15 is 0 Å². The minimum Gasteiger partial charge on any atom is -0.491 e. The topological polar surface area (TPSA) is 64.8 Å². The molecular formula is C15H20N2O3. The number of nitrogens with zero attached hydrogens (tertiary/aromatic N) is 1. The highest BCUT2D eigenvalue weighted by atomic mass is 16.5. The number of ether oxygens (including phenoxy) is 2. The predicted octanol–water partition coefficient (Wildman–Crippen LogP) is 1.31. The number of carbonyl (C=O) groups excluding carboxylic acids is 1. The van der Waals surface area contributed by atoms with Gasteiger partial charge in [0.25, 0.3) is 0 Å². The smallest absolute Gasteiger partial charge is 0.228 e. The lowest BCUT2D eigenvalue weighted by Crippen LogP contribution is -2.27. The van der Waals surface area contributed by atoms with Crippen LogP contribution < -0.4 is 15.4 Å². The molecule has 5 heteroatoms. The Hall–Kier alpha value is -1.59. The maximum atomic E-state index is 11.8. The number of benzene rings is 1. The van der Waals surface area contributed by atoms with Gasteiger partial charge in [-0.2, -0.15) is 0 Å². The minimum atomic E-state index is -0.0704. The number of hydrogen-bond donors (Lipinski definition) is 1.